The molecule has 0 aliphatic carbocycles. The van der Waals surface area contributed by atoms with Crippen LogP contribution in [0.25, 0.3) is 11.0 Å². The van der Waals surface area contributed by atoms with Gasteiger partial charge in [0.25, 0.3) is 11.8 Å². The van der Waals surface area contributed by atoms with Gasteiger partial charge in [-0.1, -0.05) is 48.5 Å². The molecular weight excluding hydrogens is 795 g/mol. The van der Waals surface area contributed by atoms with Gasteiger partial charge in [0, 0.05) is 55.3 Å². The summed E-state index contributed by atoms with van der Waals surface area (Å²) < 4.78 is 54.3. The minimum absolute atomic E-state index is 0.102. The average Bonchev–Trinajstić information content (AvgIpc) is 4.00. The largest absolute Gasteiger partial charge is 0.352 e. The van der Waals surface area contributed by atoms with Crippen LogP contribution in [0.4, 0.5) is 17.6 Å². The maximum atomic E-state index is 13.8. The summed E-state index contributed by atoms with van der Waals surface area (Å²) >= 11 is 0. The molecular formula is C49H47F4N7O2. The van der Waals surface area contributed by atoms with Crippen molar-refractivity contribution in [3.05, 3.63) is 196 Å². The highest BCUT2D eigenvalue weighted by molar-refractivity contribution is 5.97. The lowest BCUT2D eigenvalue weighted by Crippen LogP contribution is -2.26. The zero-order chi connectivity index (χ0) is 43.3. The summed E-state index contributed by atoms with van der Waals surface area (Å²) in [6, 6.07) is 33.9. The van der Waals surface area contributed by atoms with Crippen molar-refractivity contribution < 1.29 is 27.2 Å². The van der Waals surface area contributed by atoms with Crippen molar-refractivity contribution in [2.45, 2.75) is 43.9 Å². The normalized spacial score (nSPS) is 12.7. The number of nitrogens with one attached hydrogen (secondary N) is 3. The van der Waals surface area contributed by atoms with Crippen LogP contribution >= 0.6 is 0 Å². The van der Waals surface area contributed by atoms with Crippen LogP contribution in [-0.2, 0) is 6.42 Å². The fourth-order valence-corrected chi connectivity index (χ4v) is 7.72. The number of amides is 2. The monoisotopic (exact) mass is 841 g/mol. The van der Waals surface area contributed by atoms with Crippen molar-refractivity contribution in [2.24, 2.45) is 0 Å². The Labute approximate surface area is 357 Å². The highest BCUT2D eigenvalue weighted by Gasteiger charge is 2.18. The summed E-state index contributed by atoms with van der Waals surface area (Å²) in [6.45, 7) is 4.09. The minimum atomic E-state index is -0.339. The molecule has 1 aliphatic rings. The molecule has 0 atom stereocenters. The van der Waals surface area contributed by atoms with E-state index in [1.807, 2.05) is 18.2 Å². The Hall–Kier alpha value is -6.73. The van der Waals surface area contributed by atoms with E-state index in [1.54, 1.807) is 66.9 Å². The van der Waals surface area contributed by atoms with E-state index in [0.717, 1.165) is 54.0 Å². The Kier molecular flexibility index (Phi) is 14.8. The summed E-state index contributed by atoms with van der Waals surface area (Å²) in [5.41, 5.74) is 6.59. The van der Waals surface area contributed by atoms with Crippen molar-refractivity contribution in [2.75, 3.05) is 32.7 Å². The Morgan fingerprint density at radius 2 is 1.11 bits per heavy atom. The van der Waals surface area contributed by atoms with Gasteiger partial charge in [-0.2, -0.15) is 15.4 Å². The van der Waals surface area contributed by atoms with Crippen LogP contribution in [-0.4, -0.2) is 69.8 Å². The zero-order valence-electron chi connectivity index (χ0n) is 34.0. The van der Waals surface area contributed by atoms with Crippen LogP contribution in [0.1, 0.15) is 86.2 Å². The number of likely N-dealkylation sites (tertiary alicyclic amines) is 1. The molecule has 3 heterocycles. The number of H-pyrrole nitrogens is 1. The van der Waals surface area contributed by atoms with Gasteiger partial charge in [-0.05, 0) is 140 Å². The first-order valence-corrected chi connectivity index (χ1v) is 20.7. The Balaban J connectivity index is 0.000000188. The molecule has 62 heavy (non-hydrogen) atoms. The van der Waals surface area contributed by atoms with Crippen molar-refractivity contribution in [3.8, 4) is 0 Å². The number of hydrogen-bond acceptors (Lipinski definition) is 6. The molecule has 8 rings (SSSR count). The molecule has 0 radical (unpaired) electrons. The molecule has 9 nitrogen and oxygen atoms in total. The van der Waals surface area contributed by atoms with Crippen LogP contribution in [0.2, 0.25) is 0 Å². The van der Waals surface area contributed by atoms with E-state index in [2.05, 4.69) is 35.9 Å². The lowest BCUT2D eigenvalue weighted by atomic mass is 9.88. The number of pyridine rings is 1. The van der Waals surface area contributed by atoms with E-state index < -0.39 is 0 Å². The number of halogens is 4. The summed E-state index contributed by atoms with van der Waals surface area (Å²) in [4.78, 5) is 32.0. The second kappa shape index (κ2) is 21.2. The number of hydrogen-bond donors (Lipinski definition) is 3. The van der Waals surface area contributed by atoms with Gasteiger partial charge in [-0.25, -0.2) is 17.6 Å². The Morgan fingerprint density at radius 3 is 1.66 bits per heavy atom. The molecule has 2 amide bonds. The van der Waals surface area contributed by atoms with Gasteiger partial charge in [0.05, 0.1) is 5.56 Å². The standard InChI is InChI=1S/C27H29F2N3O.C22H18F2N4O/c28-23-7-3-5-20(17-23)26(21-6-4-8-24(29)18-21)11-13-30-27(33)22-9-10-25(31-19-22)12-16-32-14-1-2-15-32;23-17-6-1-14(2-7-17)19(15-3-8-18(24)9-4-15)11-12-25-22(29)16-5-10-20-21(13-16)27-28-26-20/h3-10,17-19,26H,1-2,11-16H2,(H,30,33);1-10,13,19H,11-12H2,(H,25,29)(H,26,27,28). The topological polar surface area (TPSA) is 116 Å². The van der Waals surface area contributed by atoms with Gasteiger partial charge < -0.3 is 15.5 Å². The zero-order valence-corrected chi connectivity index (χ0v) is 34.0. The first-order valence-electron chi connectivity index (χ1n) is 20.7. The van der Waals surface area contributed by atoms with Crippen molar-refractivity contribution >= 4 is 22.8 Å². The minimum Gasteiger partial charge on any atom is -0.352 e. The van der Waals surface area contributed by atoms with Gasteiger partial charge in [0.15, 0.2) is 0 Å². The summed E-state index contributed by atoms with van der Waals surface area (Å²) in [5.74, 6) is -2.07. The van der Waals surface area contributed by atoms with Crippen LogP contribution < -0.4 is 10.6 Å². The SMILES string of the molecule is O=C(NCCC(c1ccc(F)cc1)c1ccc(F)cc1)c1ccc2n[nH]nc2c1.O=C(NCCC(c1cccc(F)c1)c1cccc(F)c1)c1ccc(CCN2CCCC2)nc1. The quantitative estimate of drug-likeness (QED) is 0.0888. The van der Waals surface area contributed by atoms with E-state index in [0.29, 0.717) is 48.1 Å². The first-order chi connectivity index (χ1) is 30.2. The molecule has 0 bridgehead atoms. The van der Waals surface area contributed by atoms with Crippen LogP contribution in [0.3, 0.4) is 0 Å². The number of aromatic nitrogens is 4. The van der Waals surface area contributed by atoms with Crippen LogP contribution in [0, 0.1) is 23.3 Å². The maximum absolute atomic E-state index is 13.8. The first kappa shape index (κ1) is 43.4. The lowest BCUT2D eigenvalue weighted by molar-refractivity contribution is 0.0944. The number of aromatic amines is 1. The average molecular weight is 842 g/mol. The lowest BCUT2D eigenvalue weighted by Gasteiger charge is -2.19. The molecule has 0 unspecified atom stereocenters. The number of rotatable bonds is 15. The third kappa shape index (κ3) is 12.0. The van der Waals surface area contributed by atoms with E-state index in [9.17, 15) is 27.2 Å². The van der Waals surface area contributed by atoms with Gasteiger partial charge in [0.1, 0.15) is 34.3 Å². The van der Waals surface area contributed by atoms with Crippen LogP contribution in [0.15, 0.2) is 134 Å². The molecule has 0 saturated carbocycles. The number of carbonyl (C=O) groups is 2. The van der Waals surface area contributed by atoms with E-state index in [4.69, 9.17) is 0 Å². The number of carbonyl (C=O) groups excluding carboxylic acids is 2. The summed E-state index contributed by atoms with van der Waals surface area (Å²) in [6.07, 6.45) is 6.13. The third-order valence-electron chi connectivity index (χ3n) is 11.0. The molecule has 13 heteroatoms. The molecule has 3 N–H and O–H groups in total. The van der Waals surface area contributed by atoms with Gasteiger partial charge in [0.2, 0.25) is 0 Å². The predicted molar refractivity (Wildman–Crippen MR) is 231 cm³/mol. The van der Waals surface area contributed by atoms with E-state index in [-0.39, 0.29) is 46.9 Å². The molecule has 0 spiro atoms. The van der Waals surface area contributed by atoms with E-state index >= 15 is 0 Å². The van der Waals surface area contributed by atoms with E-state index in [1.165, 1.54) is 61.4 Å². The number of nitrogens with zero attached hydrogens (tertiary/aromatic N) is 4. The molecule has 318 valence electrons. The smallest absolute Gasteiger partial charge is 0.252 e. The van der Waals surface area contributed by atoms with Crippen molar-refractivity contribution in [1.29, 1.82) is 0 Å². The summed E-state index contributed by atoms with van der Waals surface area (Å²) in [7, 11) is 0. The van der Waals surface area contributed by atoms with Gasteiger partial charge >= 0.3 is 0 Å². The van der Waals surface area contributed by atoms with Crippen LogP contribution in [0.5, 0.6) is 0 Å². The number of fused-ring (bicyclic) bond motifs is 1. The van der Waals surface area contributed by atoms with Crippen molar-refractivity contribution in [1.82, 2.24) is 35.9 Å². The van der Waals surface area contributed by atoms with Crippen molar-refractivity contribution in [3.63, 3.8) is 0 Å². The fraction of sp³-hybridized carbons (Fsp3) is 0.245. The fourth-order valence-electron chi connectivity index (χ4n) is 7.72. The Morgan fingerprint density at radius 1 is 0.581 bits per heavy atom. The second-order valence-corrected chi connectivity index (χ2v) is 15.3. The maximum Gasteiger partial charge on any atom is 0.252 e. The molecule has 1 aliphatic heterocycles. The highest BCUT2D eigenvalue weighted by atomic mass is 19.1. The second-order valence-electron chi connectivity index (χ2n) is 15.3. The molecule has 1 saturated heterocycles. The third-order valence-corrected chi connectivity index (χ3v) is 11.0. The molecule has 2 aromatic heterocycles. The molecule has 5 aromatic carbocycles. The predicted octanol–water partition coefficient (Wildman–Crippen LogP) is 9.14. The highest BCUT2D eigenvalue weighted by Crippen LogP contribution is 2.30. The number of benzene rings is 5. The van der Waals surface area contributed by atoms with Gasteiger partial charge in [-0.3, -0.25) is 14.6 Å². The Bertz CT molecular complexity index is 2450. The summed E-state index contributed by atoms with van der Waals surface area (Å²) in [5, 5.41) is 16.3. The van der Waals surface area contributed by atoms with Gasteiger partial charge in [-0.15, -0.1) is 0 Å². The molecule has 7 aromatic rings. The molecule has 1 fully saturated rings.